The molecule has 1 rings (SSSR count). The molecule has 0 aromatic heterocycles. The van der Waals surface area contributed by atoms with Crippen LogP contribution in [0.5, 0.6) is 0 Å². The number of halogens is 1. The average Bonchev–Trinajstić information content (AvgIpc) is 2.14. The van der Waals surface area contributed by atoms with Gasteiger partial charge in [-0.2, -0.15) is 9.24 Å². The monoisotopic (exact) mass is 222 g/mol. The molecule has 1 saturated carbocycles. The van der Waals surface area contributed by atoms with Crippen LogP contribution in [0.3, 0.4) is 0 Å². The van der Waals surface area contributed by atoms with Crippen molar-refractivity contribution in [3.05, 3.63) is 0 Å². The molecule has 0 spiro atoms. The Bertz CT molecular complexity index is 171. The van der Waals surface area contributed by atoms with Gasteiger partial charge in [-0.25, -0.2) is 0 Å². The summed E-state index contributed by atoms with van der Waals surface area (Å²) in [5, 5.41) is 0.749. The van der Waals surface area contributed by atoms with Gasteiger partial charge in [-0.05, 0) is 36.2 Å². The molecule has 0 N–H and O–H groups in total. The zero-order valence-electron chi connectivity index (χ0n) is 9.67. The third-order valence-electron chi connectivity index (χ3n) is 4.17. The normalized spacial score (nSPS) is 48.1. The lowest BCUT2D eigenvalue weighted by molar-refractivity contribution is 0.352. The summed E-state index contributed by atoms with van der Waals surface area (Å²) < 4.78 is 0. The van der Waals surface area contributed by atoms with E-state index in [2.05, 4.69) is 40.2 Å². The highest BCUT2D eigenvalue weighted by Crippen LogP contribution is 2.62. The van der Waals surface area contributed by atoms with E-state index < -0.39 is 9.24 Å². The van der Waals surface area contributed by atoms with Crippen LogP contribution in [0.2, 0.25) is 0 Å². The lowest BCUT2D eigenvalue weighted by Crippen LogP contribution is -2.23. The fourth-order valence-corrected chi connectivity index (χ4v) is 6.57. The van der Waals surface area contributed by atoms with Crippen molar-refractivity contribution in [1.82, 2.24) is 0 Å². The van der Waals surface area contributed by atoms with Crippen molar-refractivity contribution in [1.29, 1.82) is 0 Å². The van der Waals surface area contributed by atoms with Crippen LogP contribution in [-0.4, -0.2) is 17.8 Å². The summed E-state index contributed by atoms with van der Waals surface area (Å²) in [5.74, 6) is 3.27. The van der Waals surface area contributed by atoms with E-state index in [9.17, 15) is 0 Å². The molecule has 4 unspecified atom stereocenters. The van der Waals surface area contributed by atoms with Gasteiger partial charge in [0.15, 0.2) is 0 Å². The second kappa shape index (κ2) is 3.66. The summed E-state index contributed by atoms with van der Waals surface area (Å²) in [6.45, 7) is 9.53. The summed E-state index contributed by atoms with van der Waals surface area (Å²) in [4.78, 5) is 0. The maximum absolute atomic E-state index is 6.54. The molecule has 1 aliphatic rings. The zero-order valence-corrected chi connectivity index (χ0v) is 11.2. The fraction of sp³-hybridized carbons (Fsp3) is 1.00. The maximum atomic E-state index is 6.54. The van der Waals surface area contributed by atoms with E-state index in [4.69, 9.17) is 10.7 Å². The lowest BCUT2D eigenvalue weighted by Gasteiger charge is -2.37. The van der Waals surface area contributed by atoms with E-state index in [0.717, 1.165) is 28.9 Å². The van der Waals surface area contributed by atoms with E-state index in [1.165, 1.54) is 0 Å². The highest BCUT2D eigenvalue weighted by atomic mass is 35.7. The molecule has 80 valence electrons. The topological polar surface area (TPSA) is 0 Å². The molecule has 0 amide bonds. The zero-order chi connectivity index (χ0) is 10.4. The second-order valence-corrected chi connectivity index (χ2v) is 10.7. The van der Waals surface area contributed by atoms with E-state index in [-0.39, 0.29) is 0 Å². The molecule has 1 aliphatic carbocycles. The van der Waals surface area contributed by atoms with E-state index in [1.807, 2.05) is 0 Å². The number of rotatable bonds is 1. The maximum Gasteiger partial charge on any atom is 0.00654 e. The first kappa shape index (κ1) is 11.7. The fourth-order valence-electron chi connectivity index (χ4n) is 3.06. The first-order chi connectivity index (χ1) is 5.76. The standard InChI is InChI=1S/C11H23ClS/c1-7-8(2)10(4)11(9(7)3)13(5,6)12/h7-11H,1-6H3. The SMILES string of the molecule is CC1C(C)C(C)C(S(C)(C)Cl)C1C. The van der Waals surface area contributed by atoms with Gasteiger partial charge in [-0.15, -0.1) is 0 Å². The molecule has 4 atom stereocenters. The van der Waals surface area contributed by atoms with Crippen LogP contribution in [0.1, 0.15) is 27.7 Å². The van der Waals surface area contributed by atoms with E-state index in [0.29, 0.717) is 0 Å². The van der Waals surface area contributed by atoms with Gasteiger partial charge in [0.1, 0.15) is 0 Å². The van der Waals surface area contributed by atoms with Gasteiger partial charge in [-0.1, -0.05) is 38.4 Å². The van der Waals surface area contributed by atoms with E-state index in [1.54, 1.807) is 0 Å². The predicted octanol–water partition coefficient (Wildman–Crippen LogP) is 4.13. The molecule has 0 aromatic carbocycles. The minimum Gasteiger partial charge on any atom is -0.165 e. The van der Waals surface area contributed by atoms with Crippen LogP contribution in [-0.2, 0) is 0 Å². The summed E-state index contributed by atoms with van der Waals surface area (Å²) in [6.07, 6.45) is 4.49. The Morgan fingerprint density at radius 2 is 1.08 bits per heavy atom. The Kier molecular flexibility index (Phi) is 3.30. The molecular weight excluding hydrogens is 200 g/mol. The van der Waals surface area contributed by atoms with E-state index >= 15 is 0 Å². The van der Waals surface area contributed by atoms with Crippen LogP contribution in [0.15, 0.2) is 0 Å². The second-order valence-electron chi connectivity index (χ2n) is 5.18. The van der Waals surface area contributed by atoms with Gasteiger partial charge >= 0.3 is 0 Å². The molecule has 0 heterocycles. The van der Waals surface area contributed by atoms with Gasteiger partial charge in [0.2, 0.25) is 0 Å². The predicted molar refractivity (Wildman–Crippen MR) is 65.7 cm³/mol. The Labute approximate surface area is 89.2 Å². The van der Waals surface area contributed by atoms with Crippen LogP contribution in [0, 0.1) is 23.7 Å². The highest BCUT2D eigenvalue weighted by Gasteiger charge is 2.45. The first-order valence-electron chi connectivity index (χ1n) is 5.18. The smallest absolute Gasteiger partial charge is 0.00654 e. The van der Waals surface area contributed by atoms with Crippen molar-refractivity contribution in [3.8, 4) is 0 Å². The number of hydrogen-bond donors (Lipinski definition) is 0. The molecule has 0 aromatic rings. The van der Waals surface area contributed by atoms with Gasteiger partial charge in [-0.3, -0.25) is 0 Å². The van der Waals surface area contributed by atoms with Gasteiger partial charge < -0.3 is 0 Å². The summed E-state index contributed by atoms with van der Waals surface area (Å²) in [6, 6.07) is 0. The van der Waals surface area contributed by atoms with Gasteiger partial charge in [0.25, 0.3) is 0 Å². The van der Waals surface area contributed by atoms with Crippen LogP contribution in [0.4, 0.5) is 0 Å². The summed E-state index contributed by atoms with van der Waals surface area (Å²) >= 11 is 0. The van der Waals surface area contributed by atoms with Crippen molar-refractivity contribution in [2.45, 2.75) is 32.9 Å². The molecule has 0 bridgehead atoms. The van der Waals surface area contributed by atoms with Crippen LogP contribution < -0.4 is 0 Å². The molecule has 1 fully saturated rings. The van der Waals surface area contributed by atoms with Crippen molar-refractivity contribution in [2.75, 3.05) is 12.5 Å². The molecule has 0 nitrogen and oxygen atoms in total. The Balaban J connectivity index is 2.88. The number of hydrogen-bond acceptors (Lipinski definition) is 0. The summed E-state index contributed by atoms with van der Waals surface area (Å²) in [7, 11) is 5.65. The van der Waals surface area contributed by atoms with Gasteiger partial charge in [0, 0.05) is 5.25 Å². The van der Waals surface area contributed by atoms with Crippen molar-refractivity contribution in [2.24, 2.45) is 23.7 Å². The average molecular weight is 223 g/mol. The Morgan fingerprint density at radius 1 is 0.769 bits per heavy atom. The minimum atomic E-state index is -0.895. The minimum absolute atomic E-state index is 0.749. The quantitative estimate of drug-likeness (QED) is 0.626. The lowest BCUT2D eigenvalue weighted by atomic mass is 9.92. The third-order valence-corrected chi connectivity index (χ3v) is 6.94. The molecule has 13 heavy (non-hydrogen) atoms. The molecule has 0 aliphatic heterocycles. The van der Waals surface area contributed by atoms with Gasteiger partial charge in [0.05, 0.1) is 0 Å². The molecule has 0 saturated heterocycles. The highest BCUT2D eigenvalue weighted by molar-refractivity contribution is 8.50. The van der Waals surface area contributed by atoms with Crippen LogP contribution in [0.25, 0.3) is 0 Å². The van der Waals surface area contributed by atoms with Crippen molar-refractivity contribution in [3.63, 3.8) is 0 Å². The molecule has 2 heteroatoms. The molecular formula is C11H23ClS. The third kappa shape index (κ3) is 2.02. The van der Waals surface area contributed by atoms with Crippen molar-refractivity contribution < 1.29 is 0 Å². The summed E-state index contributed by atoms with van der Waals surface area (Å²) in [5.41, 5.74) is 0. The van der Waals surface area contributed by atoms with Crippen molar-refractivity contribution >= 4 is 19.9 Å². The van der Waals surface area contributed by atoms with Crippen LogP contribution >= 0.6 is 19.9 Å². The first-order valence-corrected chi connectivity index (χ1v) is 8.52. The Hall–Kier alpha value is 0.640. The Morgan fingerprint density at radius 3 is 1.23 bits per heavy atom. The largest absolute Gasteiger partial charge is 0.165 e. The molecule has 0 radical (unpaired) electrons.